The zero-order chi connectivity index (χ0) is 15.6. The van der Waals surface area contributed by atoms with Gasteiger partial charge in [-0.15, -0.1) is 0 Å². The third-order valence-electron chi connectivity index (χ3n) is 3.67. The predicted molar refractivity (Wildman–Crippen MR) is 77.9 cm³/mol. The van der Waals surface area contributed by atoms with Crippen LogP contribution in [0.4, 0.5) is 0 Å². The van der Waals surface area contributed by atoms with Crippen molar-refractivity contribution in [3.8, 4) is 5.75 Å². The lowest BCUT2D eigenvalue weighted by Crippen LogP contribution is -2.48. The van der Waals surface area contributed by atoms with Gasteiger partial charge in [0.1, 0.15) is 5.75 Å². The molecule has 0 amide bonds. The molecule has 0 bridgehead atoms. The van der Waals surface area contributed by atoms with Crippen LogP contribution in [0.5, 0.6) is 5.75 Å². The summed E-state index contributed by atoms with van der Waals surface area (Å²) in [5, 5.41) is 18.8. The first-order valence-electron chi connectivity index (χ1n) is 6.71. The highest BCUT2D eigenvalue weighted by Crippen LogP contribution is 2.24. The average Bonchev–Trinajstić information content (AvgIpc) is 2.35. The lowest BCUT2D eigenvalue weighted by molar-refractivity contribution is -0.138. The van der Waals surface area contributed by atoms with Crippen molar-refractivity contribution in [1.29, 1.82) is 0 Å². The van der Waals surface area contributed by atoms with Gasteiger partial charge in [0.15, 0.2) is 9.84 Å². The van der Waals surface area contributed by atoms with E-state index in [1.807, 2.05) is 17.9 Å². The van der Waals surface area contributed by atoms with Crippen LogP contribution in [0.1, 0.15) is 17.5 Å². The minimum Gasteiger partial charge on any atom is -0.508 e. The Balaban J connectivity index is 2.20. The summed E-state index contributed by atoms with van der Waals surface area (Å²) in [7, 11) is -3.19. The van der Waals surface area contributed by atoms with Crippen LogP contribution in [-0.2, 0) is 21.2 Å². The zero-order valence-corrected chi connectivity index (χ0v) is 12.6. The van der Waals surface area contributed by atoms with E-state index in [4.69, 9.17) is 5.11 Å². The van der Waals surface area contributed by atoms with Gasteiger partial charge in [0.2, 0.25) is 0 Å². The van der Waals surface area contributed by atoms with Crippen LogP contribution in [0.15, 0.2) is 18.2 Å². The largest absolute Gasteiger partial charge is 0.508 e. The zero-order valence-electron chi connectivity index (χ0n) is 11.8. The van der Waals surface area contributed by atoms with Gasteiger partial charge in [-0.25, -0.2) is 8.42 Å². The molecule has 1 aromatic rings. The molecular formula is C14H19NO5S. The molecule has 1 aromatic carbocycles. The molecule has 21 heavy (non-hydrogen) atoms. The van der Waals surface area contributed by atoms with Crippen LogP contribution in [0.3, 0.4) is 0 Å². The van der Waals surface area contributed by atoms with Crippen molar-refractivity contribution in [3.63, 3.8) is 0 Å². The van der Waals surface area contributed by atoms with Crippen LogP contribution in [0.25, 0.3) is 0 Å². The van der Waals surface area contributed by atoms with E-state index in [0.717, 1.165) is 5.56 Å². The van der Waals surface area contributed by atoms with Crippen molar-refractivity contribution >= 4 is 15.8 Å². The highest BCUT2D eigenvalue weighted by Gasteiger charge is 2.32. The van der Waals surface area contributed by atoms with E-state index < -0.39 is 21.8 Å². The fraction of sp³-hybridized carbons (Fsp3) is 0.500. The minimum absolute atomic E-state index is 0.0235. The van der Waals surface area contributed by atoms with Crippen LogP contribution in [0.2, 0.25) is 0 Å². The molecule has 1 aliphatic rings. The summed E-state index contributed by atoms with van der Waals surface area (Å²) in [5.74, 6) is -1.000. The van der Waals surface area contributed by atoms with Gasteiger partial charge in [-0.2, -0.15) is 0 Å². The maximum absolute atomic E-state index is 11.7. The Morgan fingerprint density at radius 3 is 2.81 bits per heavy atom. The van der Waals surface area contributed by atoms with Gasteiger partial charge in [-0.1, -0.05) is 17.7 Å². The van der Waals surface area contributed by atoms with Crippen LogP contribution >= 0.6 is 0 Å². The molecule has 0 radical (unpaired) electrons. The smallest absolute Gasteiger partial charge is 0.304 e. The Labute approximate surface area is 123 Å². The molecule has 0 saturated carbocycles. The number of sulfone groups is 1. The van der Waals surface area contributed by atoms with Crippen molar-refractivity contribution in [2.45, 2.75) is 25.9 Å². The second kappa shape index (κ2) is 6.03. The molecule has 0 spiro atoms. The van der Waals surface area contributed by atoms with E-state index in [1.165, 1.54) is 0 Å². The third-order valence-corrected chi connectivity index (χ3v) is 5.37. The van der Waals surface area contributed by atoms with Crippen molar-refractivity contribution < 1.29 is 23.4 Å². The number of benzene rings is 1. The minimum atomic E-state index is -3.19. The molecule has 1 fully saturated rings. The van der Waals surface area contributed by atoms with E-state index in [0.29, 0.717) is 12.1 Å². The second-order valence-electron chi connectivity index (χ2n) is 5.47. The number of aryl methyl sites for hydroxylation is 1. The van der Waals surface area contributed by atoms with Crippen molar-refractivity contribution in [3.05, 3.63) is 29.3 Å². The lowest BCUT2D eigenvalue weighted by Gasteiger charge is -2.34. The molecule has 1 aliphatic heterocycles. The highest BCUT2D eigenvalue weighted by molar-refractivity contribution is 7.91. The molecular weight excluding hydrogens is 294 g/mol. The Kier molecular flexibility index (Phi) is 4.53. The molecule has 1 unspecified atom stereocenters. The molecule has 0 aliphatic carbocycles. The van der Waals surface area contributed by atoms with E-state index in [1.54, 1.807) is 12.1 Å². The van der Waals surface area contributed by atoms with Gasteiger partial charge >= 0.3 is 5.97 Å². The maximum atomic E-state index is 11.7. The SMILES string of the molecule is Cc1ccc(O)c(CN2CCS(=O)(=O)CC2CC(=O)O)c1. The monoisotopic (exact) mass is 313 g/mol. The van der Waals surface area contributed by atoms with Gasteiger partial charge < -0.3 is 10.2 Å². The molecule has 6 nitrogen and oxygen atoms in total. The number of phenolic OH excluding ortho intramolecular Hbond substituents is 1. The lowest BCUT2D eigenvalue weighted by atomic mass is 10.1. The summed E-state index contributed by atoms with van der Waals surface area (Å²) in [6, 6.07) is 4.66. The fourth-order valence-corrected chi connectivity index (χ4v) is 4.17. The maximum Gasteiger partial charge on any atom is 0.304 e. The summed E-state index contributed by atoms with van der Waals surface area (Å²) in [6.07, 6.45) is -0.216. The summed E-state index contributed by atoms with van der Waals surface area (Å²) < 4.78 is 23.4. The summed E-state index contributed by atoms with van der Waals surface area (Å²) in [4.78, 5) is 12.7. The van der Waals surface area contributed by atoms with E-state index in [-0.39, 0.29) is 30.2 Å². The number of hydrogen-bond donors (Lipinski definition) is 2. The third kappa shape index (κ3) is 4.18. The van der Waals surface area contributed by atoms with Crippen molar-refractivity contribution in [2.24, 2.45) is 0 Å². The number of carboxylic acids is 1. The average molecular weight is 313 g/mol. The first-order valence-corrected chi connectivity index (χ1v) is 8.54. The van der Waals surface area contributed by atoms with Gasteiger partial charge in [0.25, 0.3) is 0 Å². The Hall–Kier alpha value is -1.60. The van der Waals surface area contributed by atoms with Gasteiger partial charge in [-0.3, -0.25) is 9.69 Å². The van der Waals surface area contributed by atoms with Crippen LogP contribution in [-0.4, -0.2) is 53.6 Å². The number of aliphatic carboxylic acids is 1. The van der Waals surface area contributed by atoms with Gasteiger partial charge in [0, 0.05) is 24.7 Å². The van der Waals surface area contributed by atoms with Crippen LogP contribution < -0.4 is 0 Å². The summed E-state index contributed by atoms with van der Waals surface area (Å²) in [6.45, 7) is 2.53. The number of rotatable bonds is 4. The first kappa shape index (κ1) is 15.8. The first-order chi connectivity index (χ1) is 9.77. The predicted octanol–water partition coefficient (Wildman–Crippen LogP) is 0.774. The number of carboxylic acid groups (broad SMARTS) is 1. The summed E-state index contributed by atoms with van der Waals surface area (Å²) in [5.41, 5.74) is 1.67. The van der Waals surface area contributed by atoms with Crippen molar-refractivity contribution in [2.75, 3.05) is 18.1 Å². The van der Waals surface area contributed by atoms with E-state index in [2.05, 4.69) is 0 Å². The van der Waals surface area contributed by atoms with E-state index >= 15 is 0 Å². The molecule has 1 atom stereocenters. The van der Waals surface area contributed by atoms with Crippen LogP contribution in [0, 0.1) is 6.92 Å². The number of hydrogen-bond acceptors (Lipinski definition) is 5. The molecule has 0 aromatic heterocycles. The summed E-state index contributed by atoms with van der Waals surface area (Å²) >= 11 is 0. The topological polar surface area (TPSA) is 94.9 Å². The molecule has 1 saturated heterocycles. The number of phenols is 1. The quantitative estimate of drug-likeness (QED) is 0.853. The highest BCUT2D eigenvalue weighted by atomic mass is 32.2. The normalized spacial score (nSPS) is 22.0. The molecule has 116 valence electrons. The van der Waals surface area contributed by atoms with Gasteiger partial charge in [0.05, 0.1) is 17.9 Å². The molecule has 2 N–H and O–H groups in total. The fourth-order valence-electron chi connectivity index (χ4n) is 2.58. The molecule has 7 heteroatoms. The Bertz CT molecular complexity index is 641. The molecule has 1 heterocycles. The number of aromatic hydroxyl groups is 1. The Morgan fingerprint density at radius 2 is 2.14 bits per heavy atom. The second-order valence-corrected chi connectivity index (χ2v) is 7.70. The number of nitrogens with zero attached hydrogens (tertiary/aromatic N) is 1. The standard InChI is InChI=1S/C14H19NO5S/c1-10-2-3-13(16)11(6-10)8-15-4-5-21(19,20)9-12(15)7-14(17)18/h2-3,6,12,16H,4-5,7-9H2,1H3,(H,17,18). The number of carbonyl (C=O) groups is 1. The van der Waals surface area contributed by atoms with E-state index in [9.17, 15) is 18.3 Å². The van der Waals surface area contributed by atoms with Crippen molar-refractivity contribution in [1.82, 2.24) is 4.90 Å². The van der Waals surface area contributed by atoms with Gasteiger partial charge in [-0.05, 0) is 13.0 Å². The Morgan fingerprint density at radius 1 is 1.43 bits per heavy atom. The molecule has 2 rings (SSSR count).